The average molecular weight is 401 g/mol. The largest absolute Gasteiger partial charge is 0.420 e. The number of aromatic nitrogens is 2. The SMILES string of the molecule is O=C(Cn1c(=O)oc2ccccc21)Nc1ccccc1-c1nc2ccccc2s1. The Kier molecular flexibility index (Phi) is 4.22. The number of rotatable bonds is 4. The quantitative estimate of drug-likeness (QED) is 0.481. The molecule has 7 heteroatoms. The molecule has 1 N–H and O–H groups in total. The Bertz CT molecular complexity index is 1380. The van der Waals surface area contributed by atoms with E-state index in [-0.39, 0.29) is 12.5 Å². The Morgan fingerprint density at radius 2 is 1.76 bits per heavy atom. The highest BCUT2D eigenvalue weighted by Gasteiger charge is 2.15. The molecule has 29 heavy (non-hydrogen) atoms. The molecule has 2 heterocycles. The van der Waals surface area contributed by atoms with Gasteiger partial charge in [-0.25, -0.2) is 9.78 Å². The van der Waals surface area contributed by atoms with Crippen LogP contribution in [0.3, 0.4) is 0 Å². The van der Waals surface area contributed by atoms with E-state index in [1.54, 1.807) is 35.6 Å². The van der Waals surface area contributed by atoms with Gasteiger partial charge >= 0.3 is 5.76 Å². The van der Waals surface area contributed by atoms with Crippen LogP contribution >= 0.6 is 11.3 Å². The minimum Gasteiger partial charge on any atom is -0.408 e. The lowest BCUT2D eigenvalue weighted by Crippen LogP contribution is -2.25. The molecule has 1 amide bonds. The molecule has 0 fully saturated rings. The van der Waals surface area contributed by atoms with Gasteiger partial charge in [0.05, 0.1) is 21.4 Å². The number of carbonyl (C=O) groups is 1. The van der Waals surface area contributed by atoms with Crippen LogP contribution in [0.4, 0.5) is 5.69 Å². The normalized spacial score (nSPS) is 11.2. The minimum absolute atomic E-state index is 0.135. The Balaban J connectivity index is 1.45. The van der Waals surface area contributed by atoms with Crippen molar-refractivity contribution >= 4 is 44.2 Å². The minimum atomic E-state index is -0.555. The van der Waals surface area contributed by atoms with Crippen LogP contribution in [-0.2, 0) is 11.3 Å². The van der Waals surface area contributed by atoms with Gasteiger partial charge in [0.2, 0.25) is 5.91 Å². The lowest BCUT2D eigenvalue weighted by atomic mass is 10.2. The molecule has 5 rings (SSSR count). The summed E-state index contributed by atoms with van der Waals surface area (Å²) < 4.78 is 7.60. The summed E-state index contributed by atoms with van der Waals surface area (Å²) in [6, 6.07) is 22.5. The van der Waals surface area contributed by atoms with E-state index < -0.39 is 5.76 Å². The van der Waals surface area contributed by atoms with E-state index in [1.165, 1.54) is 4.57 Å². The number of anilines is 1. The summed E-state index contributed by atoms with van der Waals surface area (Å²) in [7, 11) is 0. The van der Waals surface area contributed by atoms with E-state index in [4.69, 9.17) is 4.42 Å². The van der Waals surface area contributed by atoms with Gasteiger partial charge in [0.15, 0.2) is 5.58 Å². The predicted molar refractivity (Wildman–Crippen MR) is 114 cm³/mol. The van der Waals surface area contributed by atoms with Crippen molar-refractivity contribution in [3.63, 3.8) is 0 Å². The van der Waals surface area contributed by atoms with Crippen molar-refractivity contribution in [1.29, 1.82) is 0 Å². The highest BCUT2D eigenvalue weighted by molar-refractivity contribution is 7.21. The number of amides is 1. The summed E-state index contributed by atoms with van der Waals surface area (Å²) in [6.07, 6.45) is 0. The van der Waals surface area contributed by atoms with Gasteiger partial charge in [-0.2, -0.15) is 0 Å². The van der Waals surface area contributed by atoms with Crippen LogP contribution in [0.25, 0.3) is 31.9 Å². The molecule has 0 radical (unpaired) electrons. The first-order chi connectivity index (χ1) is 14.2. The predicted octanol–water partition coefficient (Wildman–Crippen LogP) is 4.51. The molecule has 0 saturated heterocycles. The van der Waals surface area contributed by atoms with Crippen LogP contribution in [0, 0.1) is 0 Å². The van der Waals surface area contributed by atoms with Crippen LogP contribution in [0.15, 0.2) is 82.0 Å². The number of carbonyl (C=O) groups excluding carboxylic acids is 1. The topological polar surface area (TPSA) is 77.1 Å². The van der Waals surface area contributed by atoms with E-state index in [2.05, 4.69) is 10.3 Å². The Morgan fingerprint density at radius 1 is 1.00 bits per heavy atom. The zero-order chi connectivity index (χ0) is 19.8. The number of hydrogen-bond acceptors (Lipinski definition) is 5. The Morgan fingerprint density at radius 3 is 2.66 bits per heavy atom. The molecule has 0 aliphatic heterocycles. The highest BCUT2D eigenvalue weighted by atomic mass is 32.1. The highest BCUT2D eigenvalue weighted by Crippen LogP contribution is 2.34. The average Bonchev–Trinajstić information content (AvgIpc) is 3.29. The maximum atomic E-state index is 12.7. The molecule has 3 aromatic carbocycles. The fraction of sp³-hybridized carbons (Fsp3) is 0.0455. The molecular formula is C22H15N3O3S. The van der Waals surface area contributed by atoms with Gasteiger partial charge in [0.25, 0.3) is 0 Å². The zero-order valence-corrected chi connectivity index (χ0v) is 16.0. The first-order valence-corrected chi connectivity index (χ1v) is 9.84. The van der Waals surface area contributed by atoms with Crippen LogP contribution in [-0.4, -0.2) is 15.5 Å². The fourth-order valence-electron chi connectivity index (χ4n) is 3.26. The van der Waals surface area contributed by atoms with Gasteiger partial charge < -0.3 is 9.73 Å². The lowest BCUT2D eigenvalue weighted by molar-refractivity contribution is -0.116. The summed E-state index contributed by atoms with van der Waals surface area (Å²) >= 11 is 1.57. The van der Waals surface area contributed by atoms with Gasteiger partial charge in [-0.05, 0) is 36.4 Å². The number of nitrogens with zero attached hydrogens (tertiary/aromatic N) is 2. The molecule has 2 aromatic heterocycles. The third-order valence-electron chi connectivity index (χ3n) is 4.60. The maximum absolute atomic E-state index is 12.7. The fourth-order valence-corrected chi connectivity index (χ4v) is 4.27. The van der Waals surface area contributed by atoms with Gasteiger partial charge in [0, 0.05) is 5.56 Å². The summed E-state index contributed by atoms with van der Waals surface area (Å²) in [6.45, 7) is -0.135. The van der Waals surface area contributed by atoms with Crippen molar-refractivity contribution in [2.24, 2.45) is 0 Å². The van der Waals surface area contributed by atoms with Gasteiger partial charge in [-0.15, -0.1) is 11.3 Å². The molecule has 0 aliphatic rings. The summed E-state index contributed by atoms with van der Waals surface area (Å²) in [5.74, 6) is -0.868. The van der Waals surface area contributed by atoms with E-state index in [1.807, 2.05) is 48.5 Å². The van der Waals surface area contributed by atoms with Gasteiger partial charge in [-0.1, -0.05) is 36.4 Å². The summed E-state index contributed by atoms with van der Waals surface area (Å²) in [5, 5.41) is 3.74. The Hall–Kier alpha value is -3.71. The lowest BCUT2D eigenvalue weighted by Gasteiger charge is -2.09. The Labute approximate surface area is 169 Å². The second-order valence-electron chi connectivity index (χ2n) is 6.50. The van der Waals surface area contributed by atoms with E-state index in [9.17, 15) is 9.59 Å². The first kappa shape index (κ1) is 17.4. The molecule has 0 bridgehead atoms. The molecule has 0 aliphatic carbocycles. The van der Waals surface area contributed by atoms with Crippen molar-refractivity contribution in [3.8, 4) is 10.6 Å². The van der Waals surface area contributed by atoms with Crippen molar-refractivity contribution in [3.05, 3.63) is 83.3 Å². The molecular weight excluding hydrogens is 386 g/mol. The van der Waals surface area contributed by atoms with E-state index in [0.717, 1.165) is 20.8 Å². The third-order valence-corrected chi connectivity index (χ3v) is 5.67. The number of fused-ring (bicyclic) bond motifs is 2. The first-order valence-electron chi connectivity index (χ1n) is 9.02. The number of benzene rings is 3. The number of oxazole rings is 1. The van der Waals surface area contributed by atoms with E-state index in [0.29, 0.717) is 16.8 Å². The summed E-state index contributed by atoms with van der Waals surface area (Å²) in [4.78, 5) is 29.5. The third kappa shape index (κ3) is 3.21. The molecule has 0 saturated carbocycles. The number of hydrogen-bond donors (Lipinski definition) is 1. The molecule has 0 unspecified atom stereocenters. The van der Waals surface area contributed by atoms with Crippen molar-refractivity contribution in [2.45, 2.75) is 6.54 Å². The maximum Gasteiger partial charge on any atom is 0.420 e. The van der Waals surface area contributed by atoms with Crippen LogP contribution < -0.4 is 11.1 Å². The van der Waals surface area contributed by atoms with Crippen LogP contribution in [0.1, 0.15) is 0 Å². The van der Waals surface area contributed by atoms with Crippen molar-refractivity contribution in [2.75, 3.05) is 5.32 Å². The van der Waals surface area contributed by atoms with Crippen LogP contribution in [0.2, 0.25) is 0 Å². The molecule has 0 spiro atoms. The standard InChI is InChI=1S/C22H15N3O3S/c26-20(13-25-17-10-4-5-11-18(17)28-22(25)27)23-15-8-2-1-7-14(15)21-24-16-9-3-6-12-19(16)29-21/h1-12H,13H2,(H,23,26). The smallest absolute Gasteiger partial charge is 0.408 e. The molecule has 0 atom stereocenters. The van der Waals surface area contributed by atoms with Crippen molar-refractivity contribution in [1.82, 2.24) is 9.55 Å². The molecule has 142 valence electrons. The summed E-state index contributed by atoms with van der Waals surface area (Å²) in [5.41, 5.74) is 3.46. The number of thiazole rings is 1. The van der Waals surface area contributed by atoms with Gasteiger partial charge in [0.1, 0.15) is 11.6 Å². The second-order valence-corrected chi connectivity index (χ2v) is 7.53. The number of nitrogens with one attached hydrogen (secondary N) is 1. The monoisotopic (exact) mass is 401 g/mol. The second kappa shape index (κ2) is 7.03. The van der Waals surface area contributed by atoms with Crippen molar-refractivity contribution < 1.29 is 9.21 Å². The molecule has 6 nitrogen and oxygen atoms in total. The number of para-hydroxylation sites is 4. The molecule has 5 aromatic rings. The van der Waals surface area contributed by atoms with Gasteiger partial charge in [-0.3, -0.25) is 9.36 Å². The van der Waals surface area contributed by atoms with E-state index >= 15 is 0 Å². The van der Waals surface area contributed by atoms with Crippen LogP contribution in [0.5, 0.6) is 0 Å². The zero-order valence-electron chi connectivity index (χ0n) is 15.2.